The Morgan fingerprint density at radius 2 is 1.79 bits per heavy atom. The number of rotatable bonds is 5. The number of pyridine rings is 1. The number of amides is 2. The molecule has 2 unspecified atom stereocenters. The molecule has 0 spiro atoms. The molecule has 5 fully saturated rings. The van der Waals surface area contributed by atoms with E-state index in [0.29, 0.717) is 28.6 Å². The fourth-order valence-electron chi connectivity index (χ4n) is 6.47. The zero-order valence-electron chi connectivity index (χ0n) is 21.8. The largest absolute Gasteiger partial charge is 0.586 e. The van der Waals surface area contributed by atoms with Gasteiger partial charge in [-0.15, -0.1) is 8.78 Å². The smallest absolute Gasteiger partial charge is 0.395 e. The van der Waals surface area contributed by atoms with Gasteiger partial charge >= 0.3 is 12.5 Å². The van der Waals surface area contributed by atoms with Crippen molar-refractivity contribution in [3.8, 4) is 11.5 Å². The average Bonchev–Trinajstić information content (AvgIpc) is 3.67. The molecule has 2 amide bonds. The van der Waals surface area contributed by atoms with Crippen LogP contribution in [0.5, 0.6) is 11.5 Å². The summed E-state index contributed by atoms with van der Waals surface area (Å²) in [4.78, 5) is 37.9. The Bertz CT molecular complexity index is 1700. The van der Waals surface area contributed by atoms with Gasteiger partial charge < -0.3 is 34.5 Å². The van der Waals surface area contributed by atoms with Crippen molar-refractivity contribution >= 4 is 44.2 Å². The van der Waals surface area contributed by atoms with Gasteiger partial charge in [-0.3, -0.25) is 9.59 Å². The highest BCUT2D eigenvalue weighted by molar-refractivity contribution is 7.22. The Kier molecular flexibility index (Phi) is 5.37. The Labute approximate surface area is 242 Å². The van der Waals surface area contributed by atoms with E-state index >= 15 is 0 Å². The van der Waals surface area contributed by atoms with E-state index in [4.69, 9.17) is 9.47 Å². The summed E-state index contributed by atoms with van der Waals surface area (Å²) in [5, 5.41) is 5.78. The minimum atomic E-state index is -4.62. The van der Waals surface area contributed by atoms with Crippen molar-refractivity contribution in [1.82, 2.24) is 15.3 Å². The zero-order valence-corrected chi connectivity index (χ0v) is 22.6. The molecule has 6 aliphatic rings. The number of aromatic nitrogens is 2. The van der Waals surface area contributed by atoms with Crippen LogP contribution in [0, 0.1) is 0 Å². The molecule has 0 radical (unpaired) electrons. The molecule has 4 saturated heterocycles. The molecule has 17 heteroatoms. The Morgan fingerprint density at radius 1 is 1.07 bits per heavy atom. The van der Waals surface area contributed by atoms with E-state index in [1.54, 1.807) is 6.07 Å². The van der Waals surface area contributed by atoms with Crippen LogP contribution < -0.4 is 25.0 Å². The Hall–Kier alpha value is -3.83. The predicted octanol–water partition coefficient (Wildman–Crippen LogP) is 3.84. The van der Waals surface area contributed by atoms with E-state index in [1.165, 1.54) is 17.5 Å². The molecular formula is C26H20F5N5O6S. The summed E-state index contributed by atoms with van der Waals surface area (Å²) < 4.78 is 88.0. The van der Waals surface area contributed by atoms with Crippen molar-refractivity contribution in [2.75, 3.05) is 30.0 Å². The predicted molar refractivity (Wildman–Crippen MR) is 138 cm³/mol. The molecule has 1 aliphatic carbocycles. The Balaban J connectivity index is 1.09. The summed E-state index contributed by atoms with van der Waals surface area (Å²) in [6.07, 6.45) is -7.25. The van der Waals surface area contributed by atoms with Gasteiger partial charge in [0, 0.05) is 25.1 Å². The third-order valence-corrected chi connectivity index (χ3v) is 9.57. The van der Waals surface area contributed by atoms with Crippen molar-refractivity contribution in [2.24, 2.45) is 0 Å². The summed E-state index contributed by atoms with van der Waals surface area (Å²) in [7, 11) is 0. The highest BCUT2D eigenvalue weighted by atomic mass is 32.1. The quantitative estimate of drug-likeness (QED) is 0.407. The second-order valence-electron chi connectivity index (χ2n) is 11.3. The number of thiazole rings is 1. The Morgan fingerprint density at radius 3 is 2.47 bits per heavy atom. The topological polar surface area (TPSA) is 124 Å². The first-order valence-corrected chi connectivity index (χ1v) is 14.1. The second kappa shape index (κ2) is 8.63. The molecule has 43 heavy (non-hydrogen) atoms. The minimum absolute atomic E-state index is 0.0192. The molecule has 1 aromatic carbocycles. The molecule has 2 atom stereocenters. The van der Waals surface area contributed by atoms with Crippen LogP contribution in [-0.2, 0) is 9.47 Å². The van der Waals surface area contributed by atoms with E-state index in [2.05, 4.69) is 35.0 Å². The van der Waals surface area contributed by atoms with Gasteiger partial charge in [0.25, 0.3) is 11.8 Å². The van der Waals surface area contributed by atoms with Gasteiger partial charge in [0.2, 0.25) is 0 Å². The lowest BCUT2D eigenvalue weighted by Gasteiger charge is -2.52. The van der Waals surface area contributed by atoms with E-state index in [-0.39, 0.29) is 35.6 Å². The number of morpholine rings is 1. The van der Waals surface area contributed by atoms with Crippen molar-refractivity contribution in [3.05, 3.63) is 35.7 Å². The number of hydrogen-bond donors (Lipinski definition) is 2. The van der Waals surface area contributed by atoms with Gasteiger partial charge in [-0.05, 0) is 18.6 Å². The summed E-state index contributed by atoms with van der Waals surface area (Å²) in [6.45, 7) is 0.778. The van der Waals surface area contributed by atoms with Crippen LogP contribution in [0.4, 0.5) is 32.8 Å². The van der Waals surface area contributed by atoms with Gasteiger partial charge in [-0.2, -0.15) is 13.2 Å². The number of hydrogen-bond acceptors (Lipinski definition) is 10. The molecule has 3 aromatic rings. The van der Waals surface area contributed by atoms with Crippen LogP contribution in [0.3, 0.4) is 0 Å². The first-order chi connectivity index (χ1) is 20.3. The number of carbonyl (C=O) groups excluding carboxylic acids is 2. The lowest BCUT2D eigenvalue weighted by atomic mass is 9.68. The monoisotopic (exact) mass is 625 g/mol. The molecule has 9 rings (SSSR count). The van der Waals surface area contributed by atoms with E-state index < -0.39 is 59.8 Å². The fourth-order valence-corrected chi connectivity index (χ4v) is 7.66. The minimum Gasteiger partial charge on any atom is -0.395 e. The molecule has 1 saturated carbocycles. The standard InChI is InChI=1S/C26H20F5N5O6S/c27-25(28,29)24-8-23(9-24,10-40-24)35-20(37)13-4-16-17(42-26(30,31)41-16)5-15(13)33-21(38)18-19-14(1-2-32-18)34-22(43-19)36-11-3-12(36)7-39-6-11/h1-2,4-5,11-12H,3,6-10H2,(H,33,38)(H,35,37). The molecule has 11 nitrogen and oxygen atoms in total. The first-order valence-electron chi connectivity index (χ1n) is 13.2. The maximum Gasteiger partial charge on any atom is 0.586 e. The molecule has 226 valence electrons. The van der Waals surface area contributed by atoms with E-state index in [9.17, 15) is 31.5 Å². The number of benzene rings is 1. The number of anilines is 2. The fraction of sp³-hybridized carbons (Fsp3) is 0.462. The van der Waals surface area contributed by atoms with Gasteiger partial charge in [-0.25, -0.2) is 9.97 Å². The number of ether oxygens (including phenoxy) is 4. The van der Waals surface area contributed by atoms with Gasteiger partial charge in [0.1, 0.15) is 5.69 Å². The summed E-state index contributed by atoms with van der Waals surface area (Å²) >= 11 is 1.27. The van der Waals surface area contributed by atoms with Crippen LogP contribution in [0.15, 0.2) is 24.4 Å². The van der Waals surface area contributed by atoms with Gasteiger partial charge in [0.05, 0.1) is 58.9 Å². The highest BCUT2D eigenvalue weighted by Crippen LogP contribution is 2.59. The third kappa shape index (κ3) is 4.04. The van der Waals surface area contributed by atoms with Crippen LogP contribution in [0.25, 0.3) is 10.2 Å². The SMILES string of the molecule is O=C(NC12COC(C(F)(F)F)(C1)C2)c1cc2c(cc1NC(=O)c1nccc3nc(N4C5COCC4C5)sc13)OC(F)(F)O2. The van der Waals surface area contributed by atoms with Crippen molar-refractivity contribution in [2.45, 2.75) is 55.0 Å². The van der Waals surface area contributed by atoms with Crippen molar-refractivity contribution < 1.29 is 50.5 Å². The highest BCUT2D eigenvalue weighted by Gasteiger charge is 2.74. The summed E-state index contributed by atoms with van der Waals surface area (Å²) in [6, 6.07) is 3.97. The van der Waals surface area contributed by atoms with E-state index in [0.717, 1.165) is 18.6 Å². The second-order valence-corrected chi connectivity index (χ2v) is 12.3. The number of fused-ring (bicyclic) bond motifs is 5. The number of carbonyl (C=O) groups is 2. The summed E-state index contributed by atoms with van der Waals surface area (Å²) in [5.74, 6) is -2.62. The number of nitrogens with zero attached hydrogens (tertiary/aromatic N) is 3. The number of halogens is 5. The van der Waals surface area contributed by atoms with E-state index in [1.807, 2.05) is 0 Å². The average molecular weight is 626 g/mol. The molecule has 7 heterocycles. The van der Waals surface area contributed by atoms with Crippen molar-refractivity contribution in [3.63, 3.8) is 0 Å². The molecule has 4 bridgehead atoms. The normalized spacial score (nSPS) is 29.7. The molecule has 5 aliphatic heterocycles. The lowest BCUT2D eigenvalue weighted by molar-refractivity contribution is -0.286. The molecular weight excluding hydrogens is 605 g/mol. The van der Waals surface area contributed by atoms with Gasteiger partial charge in [-0.1, -0.05) is 11.3 Å². The molecule has 2 aromatic heterocycles. The van der Waals surface area contributed by atoms with Gasteiger partial charge in [0.15, 0.2) is 22.2 Å². The molecule has 2 N–H and O–H groups in total. The van der Waals surface area contributed by atoms with Crippen LogP contribution >= 0.6 is 11.3 Å². The number of alkyl halides is 5. The van der Waals surface area contributed by atoms with Crippen LogP contribution in [0.2, 0.25) is 0 Å². The van der Waals surface area contributed by atoms with Crippen molar-refractivity contribution in [1.29, 1.82) is 0 Å². The maximum atomic E-state index is 13.9. The lowest BCUT2D eigenvalue weighted by Crippen LogP contribution is -2.64. The first kappa shape index (κ1) is 26.8. The zero-order chi connectivity index (χ0) is 29.9. The number of nitrogens with one attached hydrogen (secondary N) is 2. The maximum absolute atomic E-state index is 13.9. The third-order valence-electron chi connectivity index (χ3n) is 8.48. The summed E-state index contributed by atoms with van der Waals surface area (Å²) in [5.41, 5.74) is -3.71. The van der Waals surface area contributed by atoms with Crippen LogP contribution in [-0.4, -0.2) is 77.3 Å². The van der Waals surface area contributed by atoms with Crippen LogP contribution in [0.1, 0.15) is 40.1 Å².